The van der Waals surface area contributed by atoms with Gasteiger partial charge < -0.3 is 10.2 Å². The van der Waals surface area contributed by atoms with Crippen LogP contribution >= 0.6 is 11.6 Å². The summed E-state index contributed by atoms with van der Waals surface area (Å²) in [4.78, 5) is 23.0. The Hall–Kier alpha value is -2.90. The Morgan fingerprint density at radius 3 is 2.67 bits per heavy atom. The first-order chi connectivity index (χ1) is 11.4. The average molecular weight is 347 g/mol. The molecule has 0 radical (unpaired) electrons. The monoisotopic (exact) mass is 346 g/mol. The molecule has 24 heavy (non-hydrogen) atoms. The Labute approximate surface area is 140 Å². The van der Waals surface area contributed by atoms with Crippen molar-refractivity contribution in [1.82, 2.24) is 4.57 Å². The van der Waals surface area contributed by atoms with Crippen LogP contribution in [0.5, 0.6) is 5.75 Å². The van der Waals surface area contributed by atoms with Crippen molar-refractivity contribution in [3.63, 3.8) is 0 Å². The maximum absolute atomic E-state index is 12.7. The number of phenols is 1. The number of aromatic hydroxyl groups is 1. The summed E-state index contributed by atoms with van der Waals surface area (Å²) in [5.41, 5.74) is 0.587. The van der Waals surface area contributed by atoms with Crippen molar-refractivity contribution >= 4 is 34.1 Å². The molecule has 3 rings (SSSR count). The minimum atomic E-state index is -0.669. The number of aromatic nitrogens is 1. The number of halogens is 1. The van der Waals surface area contributed by atoms with Crippen LogP contribution in [-0.4, -0.2) is 25.6 Å². The number of benzene rings is 2. The molecule has 0 saturated heterocycles. The molecule has 1 aromatic heterocycles. The van der Waals surface area contributed by atoms with E-state index in [-0.39, 0.29) is 28.6 Å². The molecule has 0 unspecified atom stereocenters. The van der Waals surface area contributed by atoms with E-state index in [1.807, 2.05) is 0 Å². The van der Waals surface area contributed by atoms with Gasteiger partial charge in [0, 0.05) is 34.8 Å². The van der Waals surface area contributed by atoms with Crippen LogP contribution in [0.3, 0.4) is 0 Å². The van der Waals surface area contributed by atoms with Gasteiger partial charge in [0.05, 0.1) is 17.0 Å². The predicted molar refractivity (Wildman–Crippen MR) is 87.4 cm³/mol. The number of fused-ring (bicyclic) bond motifs is 1. The van der Waals surface area contributed by atoms with Gasteiger partial charge in [0.2, 0.25) is 0 Å². The normalized spacial score (nSPS) is 10.9. The van der Waals surface area contributed by atoms with Crippen LogP contribution in [0.1, 0.15) is 15.9 Å². The number of hydrogen-bond acceptors (Lipinski definition) is 5. The Bertz CT molecular complexity index is 980. The highest BCUT2D eigenvalue weighted by atomic mass is 35.5. The molecule has 0 bridgehead atoms. The van der Waals surface area contributed by atoms with Gasteiger partial charge in [-0.3, -0.25) is 19.5 Å². The van der Waals surface area contributed by atoms with Gasteiger partial charge in [-0.1, -0.05) is 11.6 Å². The number of nitrogens with zero attached hydrogens (tertiary/aromatic N) is 2. The fraction of sp³-hybridized carbons (Fsp3) is 0.0625. The highest BCUT2D eigenvalue weighted by Gasteiger charge is 2.20. The molecule has 8 heteroatoms. The molecule has 0 amide bonds. The molecule has 7 nitrogen and oxygen atoms in total. The molecule has 0 spiro atoms. The predicted octanol–water partition coefficient (Wildman–Crippen LogP) is 3.09. The lowest BCUT2D eigenvalue weighted by atomic mass is 10.1. The third-order valence-electron chi connectivity index (χ3n) is 3.65. The van der Waals surface area contributed by atoms with E-state index in [1.54, 1.807) is 6.07 Å². The number of carbonyl (C=O) groups excluding carboxylic acids is 1. The van der Waals surface area contributed by atoms with Crippen molar-refractivity contribution in [1.29, 1.82) is 0 Å². The SMILES string of the molecule is O=C(c1ccc(Cl)c([N+](=O)[O-])c1)n1cc(CO)c2ccc(O)cc21. The van der Waals surface area contributed by atoms with Gasteiger partial charge in [0.25, 0.3) is 11.6 Å². The van der Waals surface area contributed by atoms with Gasteiger partial charge in [0.15, 0.2) is 0 Å². The van der Waals surface area contributed by atoms with Crippen molar-refractivity contribution in [3.05, 3.63) is 68.9 Å². The number of nitro groups is 1. The Morgan fingerprint density at radius 2 is 2.00 bits per heavy atom. The zero-order valence-electron chi connectivity index (χ0n) is 12.1. The highest BCUT2D eigenvalue weighted by molar-refractivity contribution is 6.32. The van der Waals surface area contributed by atoms with Gasteiger partial charge in [-0.15, -0.1) is 0 Å². The first-order valence-electron chi connectivity index (χ1n) is 6.85. The zero-order valence-corrected chi connectivity index (χ0v) is 12.9. The minimum Gasteiger partial charge on any atom is -0.508 e. The van der Waals surface area contributed by atoms with Crippen LogP contribution < -0.4 is 0 Å². The molecule has 0 aliphatic carbocycles. The molecular weight excluding hydrogens is 336 g/mol. The summed E-state index contributed by atoms with van der Waals surface area (Å²) in [6.45, 7) is -0.289. The second-order valence-corrected chi connectivity index (χ2v) is 5.52. The van der Waals surface area contributed by atoms with Gasteiger partial charge in [-0.25, -0.2) is 0 Å². The van der Waals surface area contributed by atoms with Crippen LogP contribution in [0.25, 0.3) is 10.9 Å². The molecule has 0 fully saturated rings. The largest absolute Gasteiger partial charge is 0.508 e. The van der Waals surface area contributed by atoms with Crippen molar-refractivity contribution in [3.8, 4) is 5.75 Å². The van der Waals surface area contributed by atoms with Crippen LogP contribution in [0, 0.1) is 10.1 Å². The van der Waals surface area contributed by atoms with E-state index in [9.17, 15) is 25.1 Å². The summed E-state index contributed by atoms with van der Waals surface area (Å²) in [5, 5.41) is 30.6. The molecule has 122 valence electrons. The molecule has 0 aliphatic heterocycles. The molecule has 0 saturated carbocycles. The molecule has 1 heterocycles. The van der Waals surface area contributed by atoms with Crippen LogP contribution in [0.15, 0.2) is 42.6 Å². The summed E-state index contributed by atoms with van der Waals surface area (Å²) < 4.78 is 1.23. The van der Waals surface area contributed by atoms with Gasteiger partial charge in [0.1, 0.15) is 10.8 Å². The summed E-state index contributed by atoms with van der Waals surface area (Å²) in [7, 11) is 0. The maximum atomic E-state index is 12.7. The highest BCUT2D eigenvalue weighted by Crippen LogP contribution is 2.29. The van der Waals surface area contributed by atoms with Crippen LogP contribution in [0.4, 0.5) is 5.69 Å². The van der Waals surface area contributed by atoms with Gasteiger partial charge >= 0.3 is 0 Å². The molecule has 0 aliphatic rings. The topological polar surface area (TPSA) is 106 Å². The van der Waals surface area contributed by atoms with Crippen molar-refractivity contribution in [2.45, 2.75) is 6.61 Å². The minimum absolute atomic E-state index is 0.0405. The molecular formula is C16H11ClN2O5. The fourth-order valence-corrected chi connectivity index (χ4v) is 2.69. The molecule has 0 atom stereocenters. The van der Waals surface area contributed by atoms with Crippen molar-refractivity contribution < 1.29 is 19.9 Å². The summed E-state index contributed by atoms with van der Waals surface area (Å²) >= 11 is 5.76. The van der Waals surface area contributed by atoms with Gasteiger partial charge in [-0.05, 0) is 24.3 Å². The average Bonchev–Trinajstić information content (AvgIpc) is 2.92. The Balaban J connectivity index is 2.17. The third-order valence-corrected chi connectivity index (χ3v) is 3.97. The van der Waals surface area contributed by atoms with Crippen molar-refractivity contribution in [2.24, 2.45) is 0 Å². The molecule has 2 N–H and O–H groups in total. The maximum Gasteiger partial charge on any atom is 0.288 e. The Morgan fingerprint density at radius 1 is 1.25 bits per heavy atom. The number of aliphatic hydroxyl groups excluding tert-OH is 1. The van der Waals surface area contributed by atoms with E-state index in [4.69, 9.17) is 11.6 Å². The fourth-order valence-electron chi connectivity index (χ4n) is 2.50. The van der Waals surface area contributed by atoms with E-state index >= 15 is 0 Å². The second kappa shape index (κ2) is 5.95. The van der Waals surface area contributed by atoms with E-state index < -0.39 is 10.8 Å². The standard InChI is InChI=1S/C16H11ClN2O5/c17-13-4-1-9(5-15(13)19(23)24)16(22)18-7-10(8-20)12-3-2-11(21)6-14(12)18/h1-7,20-21H,8H2. The van der Waals surface area contributed by atoms with Crippen LogP contribution in [-0.2, 0) is 6.61 Å². The van der Waals surface area contributed by atoms with Crippen molar-refractivity contribution in [2.75, 3.05) is 0 Å². The Kier molecular flexibility index (Phi) is 3.96. The lowest BCUT2D eigenvalue weighted by Gasteiger charge is -2.05. The smallest absolute Gasteiger partial charge is 0.288 e. The number of aliphatic hydroxyl groups is 1. The number of hydrogen-bond donors (Lipinski definition) is 2. The van der Waals surface area contributed by atoms with E-state index in [0.717, 1.165) is 6.07 Å². The quantitative estimate of drug-likeness (QED) is 0.560. The number of nitro benzene ring substituents is 1. The van der Waals surface area contributed by atoms with E-state index in [1.165, 1.54) is 35.0 Å². The number of phenolic OH excluding ortho intramolecular Hbond substituents is 1. The lowest BCUT2D eigenvalue weighted by Crippen LogP contribution is -2.11. The lowest BCUT2D eigenvalue weighted by molar-refractivity contribution is -0.384. The first-order valence-corrected chi connectivity index (χ1v) is 7.22. The molecule has 3 aromatic rings. The summed E-state index contributed by atoms with van der Waals surface area (Å²) in [6, 6.07) is 8.18. The van der Waals surface area contributed by atoms with E-state index in [0.29, 0.717) is 16.5 Å². The van der Waals surface area contributed by atoms with E-state index in [2.05, 4.69) is 0 Å². The van der Waals surface area contributed by atoms with Crippen LogP contribution in [0.2, 0.25) is 5.02 Å². The third kappa shape index (κ3) is 2.60. The summed E-state index contributed by atoms with van der Waals surface area (Å²) in [6.07, 6.45) is 1.44. The second-order valence-electron chi connectivity index (χ2n) is 5.11. The van der Waals surface area contributed by atoms with Gasteiger partial charge in [-0.2, -0.15) is 0 Å². The summed E-state index contributed by atoms with van der Waals surface area (Å²) in [5.74, 6) is -0.578. The first kappa shape index (κ1) is 16.0. The number of rotatable bonds is 3. The zero-order chi connectivity index (χ0) is 17.4. The molecule has 2 aromatic carbocycles. The number of carbonyl (C=O) groups is 1.